The number of para-hydroxylation sites is 1. The van der Waals surface area contributed by atoms with E-state index in [1.54, 1.807) is 18.2 Å². The largest absolute Gasteiger partial charge is 0.505 e. The zero-order valence-corrected chi connectivity index (χ0v) is 12.9. The van der Waals surface area contributed by atoms with Crippen molar-refractivity contribution in [2.45, 2.75) is 6.61 Å². The zero-order chi connectivity index (χ0) is 17.1. The van der Waals surface area contributed by atoms with Gasteiger partial charge in [-0.3, -0.25) is 0 Å². The second-order valence-electron chi connectivity index (χ2n) is 5.03. The van der Waals surface area contributed by atoms with Crippen molar-refractivity contribution < 1.29 is 24.5 Å². The Hall–Kier alpha value is -3.12. The van der Waals surface area contributed by atoms with E-state index in [9.17, 15) is 15.0 Å². The Morgan fingerprint density at radius 1 is 1.08 bits per heavy atom. The number of aliphatic hydroxyl groups is 1. The first-order valence-corrected chi connectivity index (χ1v) is 7.21. The lowest BCUT2D eigenvalue weighted by Gasteiger charge is -2.12. The molecule has 0 aliphatic rings. The van der Waals surface area contributed by atoms with Gasteiger partial charge in [0.25, 0.3) is 0 Å². The number of nitrogens with zero attached hydrogens (tertiary/aromatic N) is 1. The summed E-state index contributed by atoms with van der Waals surface area (Å²) in [5, 5.41) is 20.7. The van der Waals surface area contributed by atoms with Gasteiger partial charge in [-0.1, -0.05) is 18.2 Å². The molecule has 0 unspecified atom stereocenters. The van der Waals surface area contributed by atoms with Gasteiger partial charge in [0.05, 0.1) is 19.4 Å². The molecular formula is C18H15NO5. The maximum atomic E-state index is 11.7. The third kappa shape index (κ3) is 2.87. The Labute approximate surface area is 137 Å². The van der Waals surface area contributed by atoms with Gasteiger partial charge in [-0.15, -0.1) is 0 Å². The van der Waals surface area contributed by atoms with Crippen molar-refractivity contribution in [1.82, 2.24) is 4.98 Å². The van der Waals surface area contributed by atoms with E-state index in [-0.39, 0.29) is 17.1 Å². The number of methoxy groups -OCH3 is 1. The summed E-state index contributed by atoms with van der Waals surface area (Å²) in [5.74, 6) is 0.121. The van der Waals surface area contributed by atoms with E-state index in [2.05, 4.69) is 9.72 Å². The predicted molar refractivity (Wildman–Crippen MR) is 87.2 cm³/mol. The molecule has 0 aliphatic heterocycles. The van der Waals surface area contributed by atoms with Crippen LogP contribution in [0.3, 0.4) is 0 Å². The summed E-state index contributed by atoms with van der Waals surface area (Å²) in [6.45, 7) is -0.393. The average Bonchev–Trinajstić information content (AvgIpc) is 2.62. The molecule has 122 valence electrons. The molecular weight excluding hydrogens is 310 g/mol. The van der Waals surface area contributed by atoms with E-state index < -0.39 is 12.6 Å². The zero-order valence-electron chi connectivity index (χ0n) is 12.9. The highest BCUT2D eigenvalue weighted by molar-refractivity contribution is 6.00. The minimum absolute atomic E-state index is 0.231. The molecule has 0 saturated carbocycles. The number of aromatic nitrogens is 1. The van der Waals surface area contributed by atoms with E-state index in [4.69, 9.17) is 4.74 Å². The Morgan fingerprint density at radius 2 is 1.83 bits per heavy atom. The lowest BCUT2D eigenvalue weighted by molar-refractivity contribution is 0.0590. The van der Waals surface area contributed by atoms with Crippen molar-refractivity contribution in [3.05, 3.63) is 59.9 Å². The molecule has 0 spiro atoms. The van der Waals surface area contributed by atoms with Crippen molar-refractivity contribution in [3.8, 4) is 17.2 Å². The van der Waals surface area contributed by atoms with Gasteiger partial charge in [0.2, 0.25) is 0 Å². The molecule has 0 amide bonds. The summed E-state index contributed by atoms with van der Waals surface area (Å²) in [6.07, 6.45) is 0. The third-order valence-electron chi connectivity index (χ3n) is 3.54. The van der Waals surface area contributed by atoms with Gasteiger partial charge >= 0.3 is 5.97 Å². The van der Waals surface area contributed by atoms with Crippen molar-refractivity contribution >= 4 is 16.7 Å². The van der Waals surface area contributed by atoms with Gasteiger partial charge in [0.15, 0.2) is 11.4 Å². The number of pyridine rings is 1. The second-order valence-corrected chi connectivity index (χ2v) is 5.03. The fourth-order valence-corrected chi connectivity index (χ4v) is 2.39. The van der Waals surface area contributed by atoms with Crippen LogP contribution in [0.15, 0.2) is 48.5 Å². The first-order valence-electron chi connectivity index (χ1n) is 7.21. The minimum atomic E-state index is -0.770. The summed E-state index contributed by atoms with van der Waals surface area (Å²) < 4.78 is 10.3. The van der Waals surface area contributed by atoms with Crippen LogP contribution in [0.1, 0.15) is 16.2 Å². The fourth-order valence-electron chi connectivity index (χ4n) is 2.39. The summed E-state index contributed by atoms with van der Waals surface area (Å²) in [5.41, 5.74) is 0.0208. The Bertz CT molecular complexity index is 893. The fraction of sp³-hybridized carbons (Fsp3) is 0.111. The van der Waals surface area contributed by atoms with Crippen LogP contribution in [0.5, 0.6) is 17.2 Å². The smallest absolute Gasteiger partial charge is 0.360 e. The van der Waals surface area contributed by atoms with E-state index in [0.717, 1.165) is 0 Å². The topological polar surface area (TPSA) is 88.9 Å². The van der Waals surface area contributed by atoms with Crippen LogP contribution in [-0.2, 0) is 11.3 Å². The number of aliphatic hydroxyl groups excluding tert-OH is 1. The molecule has 1 aromatic heterocycles. The maximum absolute atomic E-state index is 11.7. The lowest BCUT2D eigenvalue weighted by atomic mass is 10.1. The van der Waals surface area contributed by atoms with Crippen LogP contribution in [0.4, 0.5) is 0 Å². The predicted octanol–water partition coefficient (Wildman–Crippen LogP) is 3.01. The number of carbonyl (C=O) groups excluding carboxylic acids is 1. The number of hydrogen-bond donors (Lipinski definition) is 2. The summed E-state index contributed by atoms with van der Waals surface area (Å²) >= 11 is 0. The molecule has 2 N–H and O–H groups in total. The molecule has 6 heteroatoms. The van der Waals surface area contributed by atoms with Crippen molar-refractivity contribution in [3.63, 3.8) is 0 Å². The molecule has 0 fully saturated rings. The standard InChI is InChI=1S/C18H15NO5/c1-23-18(22)16-17(21)13-8-7-12(9-14(13)15(10-20)19-16)24-11-5-3-2-4-6-11/h2-9,20-21H,10H2,1H3. The van der Waals surface area contributed by atoms with E-state index in [0.29, 0.717) is 22.3 Å². The number of rotatable bonds is 4. The number of benzene rings is 2. The van der Waals surface area contributed by atoms with E-state index in [1.165, 1.54) is 7.11 Å². The molecule has 0 saturated heterocycles. The Balaban J connectivity index is 2.11. The number of fused-ring (bicyclic) bond motifs is 1. The normalized spacial score (nSPS) is 10.6. The van der Waals surface area contributed by atoms with Crippen LogP contribution in [-0.4, -0.2) is 28.3 Å². The van der Waals surface area contributed by atoms with Crippen LogP contribution >= 0.6 is 0 Å². The Morgan fingerprint density at radius 3 is 2.50 bits per heavy atom. The molecule has 24 heavy (non-hydrogen) atoms. The highest BCUT2D eigenvalue weighted by atomic mass is 16.5. The number of ether oxygens (including phenoxy) is 2. The van der Waals surface area contributed by atoms with Crippen molar-refractivity contribution in [2.75, 3.05) is 7.11 Å². The summed E-state index contributed by atoms with van der Waals surface area (Å²) in [7, 11) is 1.20. The molecule has 0 aliphatic carbocycles. The van der Waals surface area contributed by atoms with Crippen molar-refractivity contribution in [2.24, 2.45) is 0 Å². The SMILES string of the molecule is COC(=O)c1nc(CO)c2cc(Oc3ccccc3)ccc2c1O. The van der Waals surface area contributed by atoms with E-state index in [1.807, 2.05) is 30.3 Å². The monoisotopic (exact) mass is 325 g/mol. The molecule has 0 bridgehead atoms. The highest BCUT2D eigenvalue weighted by Crippen LogP contribution is 2.34. The van der Waals surface area contributed by atoms with Crippen LogP contribution < -0.4 is 4.74 Å². The van der Waals surface area contributed by atoms with Gasteiger partial charge < -0.3 is 19.7 Å². The van der Waals surface area contributed by atoms with Gasteiger partial charge in [-0.25, -0.2) is 9.78 Å². The van der Waals surface area contributed by atoms with Crippen LogP contribution in [0, 0.1) is 0 Å². The molecule has 3 rings (SSSR count). The lowest BCUT2D eigenvalue weighted by Crippen LogP contribution is -2.07. The third-order valence-corrected chi connectivity index (χ3v) is 3.54. The summed E-state index contributed by atoms with van der Waals surface area (Å²) in [4.78, 5) is 15.7. The average molecular weight is 325 g/mol. The minimum Gasteiger partial charge on any atom is -0.505 e. The van der Waals surface area contributed by atoms with Gasteiger partial charge in [0.1, 0.15) is 11.5 Å². The number of carbonyl (C=O) groups is 1. The number of aromatic hydroxyl groups is 1. The molecule has 6 nitrogen and oxygen atoms in total. The molecule has 2 aromatic carbocycles. The molecule has 0 radical (unpaired) electrons. The quantitative estimate of drug-likeness (QED) is 0.717. The first-order chi connectivity index (χ1) is 11.6. The van der Waals surface area contributed by atoms with Crippen LogP contribution in [0.25, 0.3) is 10.8 Å². The van der Waals surface area contributed by atoms with Crippen molar-refractivity contribution in [1.29, 1.82) is 0 Å². The number of hydrogen-bond acceptors (Lipinski definition) is 6. The molecule has 0 atom stereocenters. The number of esters is 1. The van der Waals surface area contributed by atoms with Gasteiger partial charge in [-0.05, 0) is 30.3 Å². The Kier molecular flexibility index (Phi) is 4.31. The first kappa shape index (κ1) is 15.8. The molecule has 3 aromatic rings. The van der Waals surface area contributed by atoms with Gasteiger partial charge in [0, 0.05) is 10.8 Å². The summed E-state index contributed by atoms with van der Waals surface area (Å²) in [6, 6.07) is 14.1. The second kappa shape index (κ2) is 6.55. The van der Waals surface area contributed by atoms with E-state index >= 15 is 0 Å². The van der Waals surface area contributed by atoms with Gasteiger partial charge in [-0.2, -0.15) is 0 Å². The highest BCUT2D eigenvalue weighted by Gasteiger charge is 2.19. The maximum Gasteiger partial charge on any atom is 0.360 e. The molecule has 1 heterocycles. The van der Waals surface area contributed by atoms with Crippen LogP contribution in [0.2, 0.25) is 0 Å².